The van der Waals surface area contributed by atoms with Crippen molar-refractivity contribution in [2.75, 3.05) is 49.3 Å². The number of halogens is 3. The van der Waals surface area contributed by atoms with E-state index in [9.17, 15) is 31.5 Å². The number of sulfone groups is 1. The van der Waals surface area contributed by atoms with Gasteiger partial charge >= 0.3 is 6.18 Å². The number of hydrogen-bond donors (Lipinski definition) is 2. The van der Waals surface area contributed by atoms with Crippen LogP contribution in [0.2, 0.25) is 0 Å². The van der Waals surface area contributed by atoms with E-state index in [1.54, 1.807) is 32.0 Å². The summed E-state index contributed by atoms with van der Waals surface area (Å²) in [4.78, 5) is 16.8. The highest BCUT2D eigenvalue weighted by Gasteiger charge is 2.50. The SMILES string of the molecule is CC(C)C(=O)N(CC#Cc1cc2c(NC3CCC(N4CC5(COC5)C4)CC3)cccc2n1CC(F)(F)F)c1ccc(S(C)(=O)=O)cc1O. The standard InChI is InChI=1S/C35H41F3N4O5S/c1-23(2)33(44)41(31-14-13-27(17-32(31)43)48(3,45)46)15-5-6-26-16-28-29(7-4-8-30(28)42(26)20-35(36,37)38)39-24-9-11-25(12-10-24)40-18-34(19-40)21-47-22-34/h4,7-8,13-14,16-17,23-25,39,43H,9-12,15,18-22H2,1-3H3. The van der Waals surface area contributed by atoms with Crippen LogP contribution in [0.1, 0.15) is 45.2 Å². The predicted octanol–water partition coefficient (Wildman–Crippen LogP) is 5.41. The number of phenolic OH excluding ortho intramolecular Hbond substituents is 1. The Morgan fingerprint density at radius 3 is 2.42 bits per heavy atom. The van der Waals surface area contributed by atoms with E-state index in [2.05, 4.69) is 22.1 Å². The zero-order valence-electron chi connectivity index (χ0n) is 27.3. The number of aromatic hydroxyl groups is 1. The number of amides is 1. The van der Waals surface area contributed by atoms with Crippen LogP contribution in [0, 0.1) is 23.2 Å². The largest absolute Gasteiger partial charge is 0.506 e. The molecule has 6 rings (SSSR count). The fourth-order valence-corrected chi connectivity index (χ4v) is 7.72. The first kappa shape index (κ1) is 34.1. The Morgan fingerprint density at radius 1 is 1.12 bits per heavy atom. The molecule has 0 unspecified atom stereocenters. The van der Waals surface area contributed by atoms with Crippen LogP contribution in [-0.4, -0.2) is 86.3 Å². The molecule has 2 aromatic carbocycles. The lowest BCUT2D eigenvalue weighted by atomic mass is 9.75. The number of hydrogen-bond acceptors (Lipinski definition) is 7. The lowest BCUT2D eigenvalue weighted by molar-refractivity contribution is -0.200. The Kier molecular flexibility index (Phi) is 9.21. The van der Waals surface area contributed by atoms with Gasteiger partial charge in [0.1, 0.15) is 12.3 Å². The van der Waals surface area contributed by atoms with Crippen molar-refractivity contribution in [2.24, 2.45) is 11.3 Å². The molecule has 1 aromatic heterocycles. The summed E-state index contributed by atoms with van der Waals surface area (Å²) in [6.45, 7) is 5.79. The van der Waals surface area contributed by atoms with Crippen molar-refractivity contribution >= 4 is 38.0 Å². The zero-order valence-corrected chi connectivity index (χ0v) is 28.1. The van der Waals surface area contributed by atoms with Crippen LogP contribution in [0.25, 0.3) is 10.9 Å². The van der Waals surface area contributed by atoms with Crippen LogP contribution in [0.5, 0.6) is 5.75 Å². The summed E-state index contributed by atoms with van der Waals surface area (Å²) in [7, 11) is -3.61. The Balaban J connectivity index is 1.23. The molecule has 0 radical (unpaired) electrons. The second-order valence-corrected chi connectivity index (χ2v) is 15.8. The van der Waals surface area contributed by atoms with Gasteiger partial charge in [0.25, 0.3) is 0 Å². The molecule has 2 N–H and O–H groups in total. The quantitative estimate of drug-likeness (QED) is 0.306. The van der Waals surface area contributed by atoms with Crippen LogP contribution in [0.15, 0.2) is 47.4 Å². The number of phenols is 1. The van der Waals surface area contributed by atoms with Gasteiger partial charge in [-0.2, -0.15) is 13.2 Å². The van der Waals surface area contributed by atoms with Gasteiger partial charge in [0, 0.05) is 59.9 Å². The second-order valence-electron chi connectivity index (χ2n) is 13.8. The van der Waals surface area contributed by atoms with E-state index >= 15 is 0 Å². The van der Waals surface area contributed by atoms with E-state index in [0.717, 1.165) is 74.6 Å². The number of fused-ring (bicyclic) bond motifs is 1. The highest BCUT2D eigenvalue weighted by molar-refractivity contribution is 7.90. The molecular weight excluding hydrogens is 645 g/mol. The number of ether oxygens (including phenoxy) is 1. The first-order chi connectivity index (χ1) is 22.6. The highest BCUT2D eigenvalue weighted by Crippen LogP contribution is 2.41. The van der Waals surface area contributed by atoms with Crippen molar-refractivity contribution in [3.8, 4) is 17.6 Å². The maximum atomic E-state index is 13.8. The molecular formula is C35H41F3N4O5S. The molecule has 1 amide bonds. The zero-order chi connectivity index (χ0) is 34.4. The van der Waals surface area contributed by atoms with Gasteiger partial charge in [-0.25, -0.2) is 8.42 Å². The van der Waals surface area contributed by atoms with E-state index in [-0.39, 0.29) is 28.9 Å². The molecule has 2 saturated heterocycles. The number of likely N-dealkylation sites (tertiary alicyclic amines) is 1. The van der Waals surface area contributed by atoms with E-state index in [0.29, 0.717) is 22.4 Å². The Labute approximate surface area is 278 Å². The van der Waals surface area contributed by atoms with Crippen molar-refractivity contribution in [1.29, 1.82) is 0 Å². The van der Waals surface area contributed by atoms with E-state index in [1.807, 2.05) is 6.07 Å². The predicted molar refractivity (Wildman–Crippen MR) is 178 cm³/mol. The Hall–Kier alpha value is -3.73. The third kappa shape index (κ3) is 7.16. The molecule has 0 atom stereocenters. The van der Waals surface area contributed by atoms with Gasteiger partial charge in [-0.3, -0.25) is 14.6 Å². The van der Waals surface area contributed by atoms with Crippen molar-refractivity contribution < 1.29 is 36.2 Å². The summed E-state index contributed by atoms with van der Waals surface area (Å²) >= 11 is 0. The van der Waals surface area contributed by atoms with Gasteiger partial charge in [0.05, 0.1) is 41.6 Å². The second kappa shape index (κ2) is 12.9. The fourth-order valence-electron chi connectivity index (χ4n) is 7.08. The van der Waals surface area contributed by atoms with Gasteiger partial charge in [0.15, 0.2) is 9.84 Å². The highest BCUT2D eigenvalue weighted by atomic mass is 32.2. The minimum absolute atomic E-state index is 0.0538. The fraction of sp³-hybridized carbons (Fsp3) is 0.514. The van der Waals surface area contributed by atoms with Gasteiger partial charge in [0.2, 0.25) is 5.91 Å². The molecule has 48 heavy (non-hydrogen) atoms. The maximum Gasteiger partial charge on any atom is 0.406 e. The Bertz CT molecular complexity index is 1860. The third-order valence-corrected chi connectivity index (χ3v) is 10.7. The number of nitrogens with zero attached hydrogens (tertiary/aromatic N) is 3. The van der Waals surface area contributed by atoms with Gasteiger partial charge < -0.3 is 19.7 Å². The number of aromatic nitrogens is 1. The molecule has 9 nitrogen and oxygen atoms in total. The molecule has 258 valence electrons. The summed E-state index contributed by atoms with van der Waals surface area (Å²) in [5.41, 5.74) is 1.72. The average Bonchev–Trinajstić information content (AvgIpc) is 3.30. The topological polar surface area (TPSA) is 104 Å². The third-order valence-electron chi connectivity index (χ3n) is 9.63. The smallest absolute Gasteiger partial charge is 0.406 e. The summed E-state index contributed by atoms with van der Waals surface area (Å²) in [5, 5.41) is 14.9. The number of nitrogens with one attached hydrogen (secondary N) is 1. The van der Waals surface area contributed by atoms with Crippen molar-refractivity contribution in [2.45, 2.75) is 69.2 Å². The lowest BCUT2D eigenvalue weighted by Crippen LogP contribution is -2.68. The minimum atomic E-state index is -4.50. The average molecular weight is 687 g/mol. The summed E-state index contributed by atoms with van der Waals surface area (Å²) in [6.07, 6.45) is 0.564. The summed E-state index contributed by atoms with van der Waals surface area (Å²) in [5.74, 6) is 4.38. The van der Waals surface area contributed by atoms with E-state index in [4.69, 9.17) is 4.74 Å². The number of rotatable bonds is 8. The van der Waals surface area contributed by atoms with Crippen LogP contribution >= 0.6 is 0 Å². The van der Waals surface area contributed by atoms with Crippen LogP contribution in [0.3, 0.4) is 0 Å². The molecule has 3 heterocycles. The maximum absolute atomic E-state index is 13.8. The normalized spacial score (nSPS) is 21.0. The number of anilines is 2. The van der Waals surface area contributed by atoms with Gasteiger partial charge in [-0.05, 0) is 61.9 Å². The van der Waals surface area contributed by atoms with Crippen molar-refractivity contribution in [3.05, 3.63) is 48.2 Å². The lowest BCUT2D eigenvalue weighted by Gasteiger charge is -2.58. The van der Waals surface area contributed by atoms with Crippen LogP contribution in [0.4, 0.5) is 24.5 Å². The molecule has 3 fully saturated rings. The minimum Gasteiger partial charge on any atom is -0.506 e. The molecule has 1 spiro atoms. The van der Waals surface area contributed by atoms with Gasteiger partial charge in [-0.15, -0.1) is 0 Å². The van der Waals surface area contributed by atoms with E-state index in [1.165, 1.54) is 17.0 Å². The van der Waals surface area contributed by atoms with Crippen LogP contribution in [-0.2, 0) is 25.9 Å². The number of benzene rings is 2. The number of alkyl halides is 3. The first-order valence-corrected chi connectivity index (χ1v) is 18.1. The van der Waals surface area contributed by atoms with Gasteiger partial charge in [-0.1, -0.05) is 25.8 Å². The molecule has 13 heteroatoms. The van der Waals surface area contributed by atoms with Crippen LogP contribution < -0.4 is 10.2 Å². The molecule has 0 bridgehead atoms. The Morgan fingerprint density at radius 2 is 1.83 bits per heavy atom. The first-order valence-electron chi connectivity index (χ1n) is 16.2. The number of carbonyl (C=O) groups excluding carboxylic acids is 1. The molecule has 3 aromatic rings. The number of carbonyl (C=O) groups is 1. The molecule has 1 aliphatic carbocycles. The molecule has 2 aliphatic heterocycles. The summed E-state index contributed by atoms with van der Waals surface area (Å²) < 4.78 is 71.9. The van der Waals surface area contributed by atoms with Crippen molar-refractivity contribution in [1.82, 2.24) is 9.47 Å². The van der Waals surface area contributed by atoms with Crippen molar-refractivity contribution in [3.63, 3.8) is 0 Å². The summed E-state index contributed by atoms with van der Waals surface area (Å²) in [6, 6.07) is 11.3. The monoisotopic (exact) mass is 686 g/mol. The van der Waals surface area contributed by atoms with E-state index < -0.39 is 40.1 Å². The molecule has 1 saturated carbocycles. The molecule has 3 aliphatic rings.